The summed E-state index contributed by atoms with van der Waals surface area (Å²) in [6.07, 6.45) is 7.56. The number of carboxylic acids is 1. The van der Waals surface area contributed by atoms with E-state index in [0.29, 0.717) is 34.0 Å². The van der Waals surface area contributed by atoms with Crippen molar-refractivity contribution in [1.82, 2.24) is 15.2 Å². The number of carbonyl (C=O) groups excluding carboxylic acids is 1. The number of halogens is 2. The van der Waals surface area contributed by atoms with E-state index in [4.69, 9.17) is 33.0 Å². The molecule has 7 nitrogen and oxygen atoms in total. The Morgan fingerprint density at radius 1 is 1.33 bits per heavy atom. The highest BCUT2D eigenvalue weighted by molar-refractivity contribution is 8.00. The van der Waals surface area contributed by atoms with E-state index in [-0.39, 0.29) is 23.3 Å². The standard InChI is InChI=1S/C20H23Cl2N3O4S/c21-17-2-1-13(5-18(17)22)10-25-3-4-29-15(11-25)8-24-19(26)12-30-16-6-14(20(27)28)7-23-9-16/h2,5-7,9,13,15H,1,3-4,8,10-12H2,(H,24,26)(H,27,28)/t13?,15-/m0/s1. The SMILES string of the molecule is O=C(CSc1cncc(C(=O)O)c1)NC[C@H]1CN(CC2C=C(Cl)C(Cl)=CC2)CCO1. The Hall–Kier alpha value is -1.58. The van der Waals surface area contributed by atoms with Gasteiger partial charge in [-0.2, -0.15) is 0 Å². The van der Waals surface area contributed by atoms with Gasteiger partial charge in [0, 0.05) is 43.5 Å². The molecule has 2 N–H and O–H groups in total. The van der Waals surface area contributed by atoms with Crippen LogP contribution in [0.1, 0.15) is 16.8 Å². The zero-order valence-electron chi connectivity index (χ0n) is 16.2. The largest absolute Gasteiger partial charge is 0.478 e. The predicted molar refractivity (Wildman–Crippen MR) is 117 cm³/mol. The van der Waals surface area contributed by atoms with Gasteiger partial charge in [-0.25, -0.2) is 4.79 Å². The lowest BCUT2D eigenvalue weighted by molar-refractivity contribution is -0.119. The van der Waals surface area contributed by atoms with Crippen LogP contribution in [-0.2, 0) is 9.53 Å². The van der Waals surface area contributed by atoms with Crippen LogP contribution >= 0.6 is 35.0 Å². The van der Waals surface area contributed by atoms with E-state index in [0.717, 1.165) is 26.1 Å². The fraction of sp³-hybridized carbons (Fsp3) is 0.450. The first-order valence-electron chi connectivity index (χ1n) is 9.56. The number of allylic oxidation sites excluding steroid dienone is 3. The van der Waals surface area contributed by atoms with E-state index in [1.54, 1.807) is 6.20 Å². The second-order valence-corrected chi connectivity index (χ2v) is 8.99. The summed E-state index contributed by atoms with van der Waals surface area (Å²) in [6, 6.07) is 1.50. The average Bonchev–Trinajstić information content (AvgIpc) is 2.74. The molecule has 1 aromatic heterocycles. The number of morpholine rings is 1. The maximum Gasteiger partial charge on any atom is 0.337 e. The molecule has 1 saturated heterocycles. The van der Waals surface area contributed by atoms with Crippen molar-refractivity contribution in [2.24, 2.45) is 5.92 Å². The van der Waals surface area contributed by atoms with Crippen LogP contribution in [0.4, 0.5) is 0 Å². The molecule has 0 saturated carbocycles. The smallest absolute Gasteiger partial charge is 0.337 e. The monoisotopic (exact) mass is 471 g/mol. The summed E-state index contributed by atoms with van der Waals surface area (Å²) in [6.45, 7) is 3.48. The van der Waals surface area contributed by atoms with Crippen LogP contribution in [0.5, 0.6) is 0 Å². The first-order chi connectivity index (χ1) is 14.4. The van der Waals surface area contributed by atoms with E-state index < -0.39 is 5.97 Å². The van der Waals surface area contributed by atoms with Crippen molar-refractivity contribution in [3.05, 3.63) is 46.2 Å². The van der Waals surface area contributed by atoms with E-state index in [1.807, 2.05) is 12.2 Å². The molecule has 0 radical (unpaired) electrons. The number of hydrogen-bond donors (Lipinski definition) is 2. The third-order valence-electron chi connectivity index (χ3n) is 4.78. The van der Waals surface area contributed by atoms with Crippen LogP contribution in [0.2, 0.25) is 0 Å². The second kappa shape index (κ2) is 11.2. The molecule has 1 aliphatic heterocycles. The van der Waals surface area contributed by atoms with Gasteiger partial charge in [-0.15, -0.1) is 11.8 Å². The first kappa shape index (κ1) is 23.1. The van der Waals surface area contributed by atoms with E-state index in [2.05, 4.69) is 15.2 Å². The quantitative estimate of drug-likeness (QED) is 0.562. The molecule has 1 aromatic rings. The van der Waals surface area contributed by atoms with Crippen molar-refractivity contribution in [3.8, 4) is 0 Å². The molecule has 0 spiro atoms. The molecule has 1 unspecified atom stereocenters. The lowest BCUT2D eigenvalue weighted by atomic mass is 9.99. The van der Waals surface area contributed by atoms with Crippen LogP contribution in [0.15, 0.2) is 45.6 Å². The molecule has 2 aliphatic rings. The highest BCUT2D eigenvalue weighted by Gasteiger charge is 2.24. The molecular weight excluding hydrogens is 449 g/mol. The Kier molecular flexibility index (Phi) is 8.59. The Morgan fingerprint density at radius 2 is 2.17 bits per heavy atom. The van der Waals surface area contributed by atoms with E-state index in [9.17, 15) is 9.59 Å². The summed E-state index contributed by atoms with van der Waals surface area (Å²) in [5, 5.41) is 13.1. The van der Waals surface area contributed by atoms with Gasteiger partial charge in [-0.1, -0.05) is 35.4 Å². The zero-order chi connectivity index (χ0) is 21.5. The molecule has 1 fully saturated rings. The number of carboxylic acid groups (broad SMARTS) is 1. The lowest BCUT2D eigenvalue weighted by Crippen LogP contribution is -2.48. The minimum atomic E-state index is -1.04. The summed E-state index contributed by atoms with van der Waals surface area (Å²) in [7, 11) is 0. The number of carbonyl (C=O) groups is 2. The number of aromatic carboxylic acids is 1. The normalized spacial score (nSPS) is 22.2. The number of amides is 1. The summed E-state index contributed by atoms with van der Waals surface area (Å²) in [5.41, 5.74) is 0.1000. The molecule has 1 aliphatic carbocycles. The van der Waals surface area contributed by atoms with Crippen LogP contribution in [0.25, 0.3) is 0 Å². The third kappa shape index (κ3) is 6.99. The topological polar surface area (TPSA) is 91.8 Å². The minimum Gasteiger partial charge on any atom is -0.478 e. The average molecular weight is 472 g/mol. The van der Waals surface area contributed by atoms with E-state index >= 15 is 0 Å². The molecule has 1 amide bonds. The van der Waals surface area contributed by atoms with Crippen molar-refractivity contribution < 1.29 is 19.4 Å². The van der Waals surface area contributed by atoms with Gasteiger partial charge < -0.3 is 15.2 Å². The second-order valence-electron chi connectivity index (χ2n) is 7.12. The van der Waals surface area contributed by atoms with Crippen molar-refractivity contribution in [2.45, 2.75) is 17.4 Å². The van der Waals surface area contributed by atoms with Gasteiger partial charge >= 0.3 is 5.97 Å². The van der Waals surface area contributed by atoms with Gasteiger partial charge in [0.05, 0.1) is 34.1 Å². The Labute approximate surface area is 189 Å². The Bertz CT molecular complexity index is 849. The van der Waals surface area contributed by atoms with Crippen molar-refractivity contribution in [3.63, 3.8) is 0 Å². The maximum absolute atomic E-state index is 12.2. The maximum atomic E-state index is 12.2. The number of nitrogens with one attached hydrogen (secondary N) is 1. The van der Waals surface area contributed by atoms with Gasteiger partial charge in [0.2, 0.25) is 5.91 Å². The number of hydrogen-bond acceptors (Lipinski definition) is 6. The zero-order valence-corrected chi connectivity index (χ0v) is 18.6. The molecule has 30 heavy (non-hydrogen) atoms. The fourth-order valence-electron chi connectivity index (χ4n) is 3.28. The fourth-order valence-corrected chi connectivity index (χ4v) is 4.43. The molecule has 2 heterocycles. The van der Waals surface area contributed by atoms with Crippen molar-refractivity contribution in [1.29, 1.82) is 0 Å². The first-order valence-corrected chi connectivity index (χ1v) is 11.3. The number of nitrogens with zero attached hydrogens (tertiary/aromatic N) is 2. The van der Waals surface area contributed by atoms with Crippen LogP contribution in [0, 0.1) is 5.92 Å². The summed E-state index contributed by atoms with van der Waals surface area (Å²) >= 11 is 13.4. The molecule has 10 heteroatoms. The van der Waals surface area contributed by atoms with E-state index in [1.165, 1.54) is 24.0 Å². The molecular formula is C20H23Cl2N3O4S. The van der Waals surface area contributed by atoms with Crippen molar-refractivity contribution >= 4 is 46.8 Å². The molecule has 3 rings (SSSR count). The van der Waals surface area contributed by atoms with Crippen LogP contribution < -0.4 is 5.32 Å². The van der Waals surface area contributed by atoms with Gasteiger partial charge in [-0.05, 0) is 18.4 Å². The summed E-state index contributed by atoms with van der Waals surface area (Å²) in [4.78, 5) is 30.0. The van der Waals surface area contributed by atoms with Gasteiger partial charge in [-0.3, -0.25) is 14.7 Å². The number of pyridine rings is 1. The van der Waals surface area contributed by atoms with Crippen LogP contribution in [0.3, 0.4) is 0 Å². The summed E-state index contributed by atoms with van der Waals surface area (Å²) < 4.78 is 5.78. The Morgan fingerprint density at radius 3 is 2.93 bits per heavy atom. The van der Waals surface area contributed by atoms with Crippen molar-refractivity contribution in [2.75, 3.05) is 38.5 Å². The van der Waals surface area contributed by atoms with Gasteiger partial charge in [0.15, 0.2) is 0 Å². The number of thioether (sulfide) groups is 1. The highest BCUT2D eigenvalue weighted by Crippen LogP contribution is 2.29. The Balaban J connectivity index is 1.39. The summed E-state index contributed by atoms with van der Waals surface area (Å²) in [5.74, 6) is -0.679. The minimum absolute atomic E-state index is 0.0770. The molecule has 0 bridgehead atoms. The third-order valence-corrected chi connectivity index (χ3v) is 6.53. The van der Waals surface area contributed by atoms with Gasteiger partial charge in [0.1, 0.15) is 0 Å². The number of ether oxygens (including phenoxy) is 1. The highest BCUT2D eigenvalue weighted by atomic mass is 35.5. The molecule has 162 valence electrons. The number of rotatable bonds is 8. The predicted octanol–water partition coefficient (Wildman–Crippen LogP) is 2.95. The lowest BCUT2D eigenvalue weighted by Gasteiger charge is -2.35. The number of aromatic nitrogens is 1. The van der Waals surface area contributed by atoms with Crippen LogP contribution in [-0.4, -0.2) is 71.5 Å². The van der Waals surface area contributed by atoms with Gasteiger partial charge in [0.25, 0.3) is 0 Å². The molecule has 2 atom stereocenters. The molecule has 0 aromatic carbocycles.